The van der Waals surface area contributed by atoms with Gasteiger partial charge in [0, 0.05) is 13.1 Å². The summed E-state index contributed by atoms with van der Waals surface area (Å²) in [6.07, 6.45) is 8.30. The van der Waals surface area contributed by atoms with Gasteiger partial charge in [-0.3, -0.25) is 0 Å². The Morgan fingerprint density at radius 1 is 1.12 bits per heavy atom. The van der Waals surface area contributed by atoms with Crippen LogP contribution in [0, 0.1) is 5.41 Å². The zero-order valence-electron chi connectivity index (χ0n) is 10.5. The standard InChI is InChI=1S/C16H21N/c1-2-12-4-5-14(8-13(12)3-1)15-6-7-16(9-15)10-17-11-16/h4-5,8,15,17H,1-3,6-7,9-11H2. The van der Waals surface area contributed by atoms with E-state index in [0.29, 0.717) is 5.41 Å². The Morgan fingerprint density at radius 2 is 2.00 bits per heavy atom. The number of benzene rings is 1. The zero-order valence-corrected chi connectivity index (χ0v) is 10.5. The highest BCUT2D eigenvalue weighted by Crippen LogP contribution is 2.49. The van der Waals surface area contributed by atoms with E-state index in [4.69, 9.17) is 0 Å². The summed E-state index contributed by atoms with van der Waals surface area (Å²) in [5.74, 6) is 0.850. The minimum atomic E-state index is 0.684. The van der Waals surface area contributed by atoms with E-state index in [1.807, 2.05) is 0 Å². The molecule has 1 unspecified atom stereocenters. The quantitative estimate of drug-likeness (QED) is 0.777. The van der Waals surface area contributed by atoms with Crippen molar-refractivity contribution in [2.45, 2.75) is 44.4 Å². The van der Waals surface area contributed by atoms with Gasteiger partial charge < -0.3 is 5.32 Å². The first-order chi connectivity index (χ1) is 8.35. The first-order valence-electron chi connectivity index (χ1n) is 7.17. The summed E-state index contributed by atoms with van der Waals surface area (Å²) in [6.45, 7) is 2.54. The van der Waals surface area contributed by atoms with Crippen molar-refractivity contribution in [1.82, 2.24) is 5.32 Å². The minimum Gasteiger partial charge on any atom is -0.316 e. The van der Waals surface area contributed by atoms with Gasteiger partial charge in [-0.25, -0.2) is 0 Å². The maximum absolute atomic E-state index is 3.46. The molecule has 1 heteroatoms. The van der Waals surface area contributed by atoms with Gasteiger partial charge in [0.15, 0.2) is 0 Å². The molecule has 1 saturated heterocycles. The molecule has 0 amide bonds. The maximum atomic E-state index is 3.46. The number of hydrogen-bond acceptors (Lipinski definition) is 1. The predicted molar refractivity (Wildman–Crippen MR) is 70.4 cm³/mol. The molecule has 2 aliphatic carbocycles. The van der Waals surface area contributed by atoms with Crippen LogP contribution in [0.2, 0.25) is 0 Å². The van der Waals surface area contributed by atoms with Crippen molar-refractivity contribution in [2.24, 2.45) is 5.41 Å². The molecule has 1 aromatic rings. The van der Waals surface area contributed by atoms with Gasteiger partial charge in [0.05, 0.1) is 0 Å². The lowest BCUT2D eigenvalue weighted by Crippen LogP contribution is -2.51. The molecule has 90 valence electrons. The fourth-order valence-electron chi connectivity index (χ4n) is 4.14. The topological polar surface area (TPSA) is 12.0 Å². The van der Waals surface area contributed by atoms with Crippen LogP contribution < -0.4 is 5.32 Å². The average Bonchev–Trinajstić information content (AvgIpc) is 2.94. The van der Waals surface area contributed by atoms with Gasteiger partial charge >= 0.3 is 0 Å². The second kappa shape index (κ2) is 3.58. The van der Waals surface area contributed by atoms with Crippen molar-refractivity contribution in [3.05, 3.63) is 34.9 Å². The number of nitrogens with one attached hydrogen (secondary N) is 1. The summed E-state index contributed by atoms with van der Waals surface area (Å²) in [6, 6.07) is 7.35. The molecule has 1 aliphatic heterocycles. The molecule has 1 nitrogen and oxygen atoms in total. The van der Waals surface area contributed by atoms with Gasteiger partial charge in [-0.05, 0) is 66.5 Å². The van der Waals surface area contributed by atoms with Crippen molar-refractivity contribution < 1.29 is 0 Å². The van der Waals surface area contributed by atoms with Crippen molar-refractivity contribution in [3.63, 3.8) is 0 Å². The molecule has 1 aromatic carbocycles. The molecule has 0 radical (unpaired) electrons. The molecular formula is C16H21N. The lowest BCUT2D eigenvalue weighted by atomic mass is 9.79. The third-order valence-corrected chi connectivity index (χ3v) is 5.30. The fourth-order valence-corrected chi connectivity index (χ4v) is 4.14. The Bertz CT molecular complexity index is 445. The lowest BCUT2D eigenvalue weighted by molar-refractivity contribution is 0.175. The van der Waals surface area contributed by atoms with E-state index in [2.05, 4.69) is 23.5 Å². The number of aryl methyl sites for hydroxylation is 2. The third-order valence-electron chi connectivity index (χ3n) is 5.30. The summed E-state index contributed by atoms with van der Waals surface area (Å²) < 4.78 is 0. The number of hydrogen-bond donors (Lipinski definition) is 1. The molecule has 0 aromatic heterocycles. The Balaban J connectivity index is 1.59. The van der Waals surface area contributed by atoms with Gasteiger partial charge in [-0.2, -0.15) is 0 Å². The number of rotatable bonds is 1. The van der Waals surface area contributed by atoms with Gasteiger partial charge in [-0.15, -0.1) is 0 Å². The van der Waals surface area contributed by atoms with Crippen LogP contribution in [-0.4, -0.2) is 13.1 Å². The van der Waals surface area contributed by atoms with Crippen molar-refractivity contribution in [3.8, 4) is 0 Å². The molecule has 0 bridgehead atoms. The highest BCUT2D eigenvalue weighted by Gasteiger charge is 2.43. The zero-order chi connectivity index (χ0) is 11.3. The monoisotopic (exact) mass is 227 g/mol. The smallest absolute Gasteiger partial charge is 0.00204 e. The Labute approximate surface area is 104 Å². The van der Waals surface area contributed by atoms with Crippen LogP contribution in [0.3, 0.4) is 0 Å². The van der Waals surface area contributed by atoms with Crippen LogP contribution in [0.5, 0.6) is 0 Å². The largest absolute Gasteiger partial charge is 0.316 e. The van der Waals surface area contributed by atoms with Crippen LogP contribution in [0.25, 0.3) is 0 Å². The SMILES string of the molecule is c1cc2c(cc1C1CCC3(CNC3)C1)CCC2. The summed E-state index contributed by atoms with van der Waals surface area (Å²) in [5, 5.41) is 3.46. The van der Waals surface area contributed by atoms with Crippen molar-refractivity contribution in [1.29, 1.82) is 0 Å². The Kier molecular flexibility index (Phi) is 2.14. The fraction of sp³-hybridized carbons (Fsp3) is 0.625. The van der Waals surface area contributed by atoms with E-state index in [-0.39, 0.29) is 0 Å². The summed E-state index contributed by atoms with van der Waals surface area (Å²) in [5.41, 5.74) is 5.58. The van der Waals surface area contributed by atoms with Crippen LogP contribution in [0.1, 0.15) is 48.3 Å². The van der Waals surface area contributed by atoms with Gasteiger partial charge in [-0.1, -0.05) is 18.2 Å². The normalized spacial score (nSPS) is 29.3. The highest BCUT2D eigenvalue weighted by molar-refractivity contribution is 5.37. The van der Waals surface area contributed by atoms with E-state index < -0.39 is 0 Å². The first kappa shape index (κ1) is 10.1. The molecule has 17 heavy (non-hydrogen) atoms. The summed E-state index contributed by atoms with van der Waals surface area (Å²) in [4.78, 5) is 0. The molecule has 3 aliphatic rings. The van der Waals surface area contributed by atoms with E-state index in [1.54, 1.807) is 16.7 Å². The van der Waals surface area contributed by atoms with Crippen LogP contribution in [0.4, 0.5) is 0 Å². The van der Waals surface area contributed by atoms with E-state index >= 15 is 0 Å². The van der Waals surface area contributed by atoms with Crippen LogP contribution in [0.15, 0.2) is 18.2 Å². The van der Waals surface area contributed by atoms with E-state index in [0.717, 1.165) is 5.92 Å². The highest BCUT2D eigenvalue weighted by atomic mass is 15.0. The average molecular weight is 227 g/mol. The Hall–Kier alpha value is -0.820. The number of fused-ring (bicyclic) bond motifs is 1. The summed E-state index contributed by atoms with van der Waals surface area (Å²) in [7, 11) is 0. The van der Waals surface area contributed by atoms with E-state index in [1.165, 1.54) is 51.6 Å². The second-order valence-electron chi connectivity index (χ2n) is 6.42. The molecule has 4 rings (SSSR count). The van der Waals surface area contributed by atoms with E-state index in [9.17, 15) is 0 Å². The third kappa shape index (κ3) is 1.55. The van der Waals surface area contributed by atoms with Gasteiger partial charge in [0.2, 0.25) is 0 Å². The molecular weight excluding hydrogens is 206 g/mol. The molecule has 1 N–H and O–H groups in total. The van der Waals surface area contributed by atoms with Crippen molar-refractivity contribution in [2.75, 3.05) is 13.1 Å². The molecule has 1 spiro atoms. The Morgan fingerprint density at radius 3 is 2.76 bits per heavy atom. The molecule has 1 saturated carbocycles. The summed E-state index contributed by atoms with van der Waals surface area (Å²) >= 11 is 0. The van der Waals surface area contributed by atoms with Crippen LogP contribution in [-0.2, 0) is 12.8 Å². The molecule has 2 fully saturated rings. The second-order valence-corrected chi connectivity index (χ2v) is 6.42. The van der Waals surface area contributed by atoms with Crippen molar-refractivity contribution >= 4 is 0 Å². The predicted octanol–water partition coefficient (Wildman–Crippen LogP) is 3.03. The van der Waals surface area contributed by atoms with Crippen LogP contribution >= 0.6 is 0 Å². The molecule has 1 heterocycles. The van der Waals surface area contributed by atoms with Gasteiger partial charge in [0.1, 0.15) is 0 Å². The lowest BCUT2D eigenvalue weighted by Gasteiger charge is -2.39. The maximum Gasteiger partial charge on any atom is 0.00204 e. The minimum absolute atomic E-state index is 0.684. The first-order valence-corrected chi connectivity index (χ1v) is 7.17. The van der Waals surface area contributed by atoms with Gasteiger partial charge in [0.25, 0.3) is 0 Å². The molecule has 1 atom stereocenters.